The van der Waals surface area contributed by atoms with Gasteiger partial charge in [-0.25, -0.2) is 0 Å². The van der Waals surface area contributed by atoms with Crippen LogP contribution < -0.4 is 4.90 Å². The molecule has 6 nitrogen and oxygen atoms in total. The second-order valence-corrected chi connectivity index (χ2v) is 9.72. The first-order chi connectivity index (χ1) is 15.2. The van der Waals surface area contributed by atoms with Gasteiger partial charge in [-0.2, -0.15) is 5.26 Å². The van der Waals surface area contributed by atoms with E-state index < -0.39 is 0 Å². The summed E-state index contributed by atoms with van der Waals surface area (Å²) < 4.78 is 5.77. The molecule has 7 heteroatoms. The molecule has 0 spiro atoms. The molecular formula is C25H28N4O2S. The van der Waals surface area contributed by atoms with Gasteiger partial charge in [0.2, 0.25) is 11.8 Å². The molecule has 0 saturated heterocycles. The van der Waals surface area contributed by atoms with Crippen molar-refractivity contribution in [1.82, 2.24) is 10.2 Å². The van der Waals surface area contributed by atoms with Crippen LogP contribution >= 0.6 is 11.8 Å². The van der Waals surface area contributed by atoms with Crippen molar-refractivity contribution in [2.45, 2.75) is 51.7 Å². The highest BCUT2D eigenvalue weighted by Gasteiger charge is 2.19. The molecule has 0 radical (unpaired) electrons. The Balaban J connectivity index is 1.69. The van der Waals surface area contributed by atoms with E-state index in [9.17, 15) is 4.79 Å². The number of carbonyl (C=O) groups excluding carboxylic acids is 1. The van der Waals surface area contributed by atoms with Gasteiger partial charge in [0.15, 0.2) is 0 Å². The molecule has 0 bridgehead atoms. The monoisotopic (exact) mass is 448 g/mol. The molecule has 0 N–H and O–H groups in total. The molecule has 2 aromatic carbocycles. The fourth-order valence-electron chi connectivity index (χ4n) is 3.37. The van der Waals surface area contributed by atoms with Gasteiger partial charge in [0.1, 0.15) is 0 Å². The lowest BCUT2D eigenvalue weighted by Crippen LogP contribution is -2.33. The van der Waals surface area contributed by atoms with Crippen molar-refractivity contribution in [3.8, 4) is 17.5 Å². The van der Waals surface area contributed by atoms with Gasteiger partial charge < -0.3 is 9.32 Å². The van der Waals surface area contributed by atoms with Crippen molar-refractivity contribution in [1.29, 1.82) is 5.26 Å². The lowest BCUT2D eigenvalue weighted by atomic mass is 9.87. The number of carbonyl (C=O) groups is 1. The topological polar surface area (TPSA) is 83.0 Å². The standard InChI is InChI=1S/C25H28N4O2S/c1-17-13-18(2)15-21(14-17)29(12-6-11-26)22(30)16-32-24-28-27-23(31-24)19-7-9-20(10-8-19)25(3,4)5/h7-10,13-15H,6,12,16H2,1-5H3. The molecule has 0 fully saturated rings. The van der Waals surface area contributed by atoms with E-state index in [-0.39, 0.29) is 23.5 Å². The average molecular weight is 449 g/mol. The largest absolute Gasteiger partial charge is 0.411 e. The summed E-state index contributed by atoms with van der Waals surface area (Å²) in [5.41, 5.74) is 5.08. The van der Waals surface area contributed by atoms with Crippen LogP contribution in [0, 0.1) is 25.2 Å². The van der Waals surface area contributed by atoms with Gasteiger partial charge in [-0.3, -0.25) is 4.79 Å². The highest BCUT2D eigenvalue weighted by atomic mass is 32.2. The van der Waals surface area contributed by atoms with Gasteiger partial charge in [0.05, 0.1) is 18.2 Å². The maximum atomic E-state index is 13.0. The first-order valence-corrected chi connectivity index (χ1v) is 11.5. The van der Waals surface area contributed by atoms with E-state index in [0.29, 0.717) is 17.7 Å². The van der Waals surface area contributed by atoms with Crippen LogP contribution in [0.15, 0.2) is 52.1 Å². The second-order valence-electron chi connectivity index (χ2n) is 8.79. The lowest BCUT2D eigenvalue weighted by Gasteiger charge is -2.22. The summed E-state index contributed by atoms with van der Waals surface area (Å²) in [6.45, 7) is 10.8. The number of thioether (sulfide) groups is 1. The molecule has 0 unspecified atom stereocenters. The number of nitriles is 1. The van der Waals surface area contributed by atoms with Crippen molar-refractivity contribution < 1.29 is 9.21 Å². The zero-order chi connectivity index (χ0) is 23.3. The second kappa shape index (κ2) is 10.0. The molecule has 3 rings (SSSR count). The van der Waals surface area contributed by atoms with Crippen LogP contribution in [0.4, 0.5) is 5.69 Å². The predicted molar refractivity (Wildman–Crippen MR) is 128 cm³/mol. The number of amides is 1. The minimum atomic E-state index is -0.107. The molecule has 0 aliphatic rings. The first-order valence-electron chi connectivity index (χ1n) is 10.5. The van der Waals surface area contributed by atoms with Crippen LogP contribution in [-0.2, 0) is 10.2 Å². The molecule has 1 heterocycles. The molecular weight excluding hydrogens is 420 g/mol. The summed E-state index contributed by atoms with van der Waals surface area (Å²) in [7, 11) is 0. The molecule has 32 heavy (non-hydrogen) atoms. The summed E-state index contributed by atoms with van der Waals surface area (Å²) in [4.78, 5) is 14.6. The van der Waals surface area contributed by atoms with Crippen LogP contribution in [0.3, 0.4) is 0 Å². The third-order valence-corrected chi connectivity index (χ3v) is 5.79. The van der Waals surface area contributed by atoms with E-state index in [1.165, 1.54) is 17.3 Å². The highest BCUT2D eigenvalue weighted by molar-refractivity contribution is 7.99. The van der Waals surface area contributed by atoms with Gasteiger partial charge >= 0.3 is 0 Å². The average Bonchev–Trinajstić information content (AvgIpc) is 3.20. The summed E-state index contributed by atoms with van der Waals surface area (Å²) in [5.74, 6) is 0.462. The maximum absolute atomic E-state index is 13.0. The van der Waals surface area contributed by atoms with Crippen molar-refractivity contribution in [2.75, 3.05) is 17.2 Å². The molecule has 3 aromatic rings. The van der Waals surface area contributed by atoms with Gasteiger partial charge in [0.25, 0.3) is 5.22 Å². The lowest BCUT2D eigenvalue weighted by molar-refractivity contribution is -0.116. The fourth-order valence-corrected chi connectivity index (χ4v) is 4.00. The van der Waals surface area contributed by atoms with Crippen LogP contribution in [0.1, 0.15) is 43.9 Å². The Bertz CT molecular complexity index is 1100. The first kappa shape index (κ1) is 23.6. The molecule has 166 valence electrons. The minimum Gasteiger partial charge on any atom is -0.411 e. The van der Waals surface area contributed by atoms with Crippen LogP contribution in [0.2, 0.25) is 0 Å². The Morgan fingerprint density at radius 1 is 1.09 bits per heavy atom. The Hall–Kier alpha value is -3.11. The number of aryl methyl sites for hydroxylation is 2. The van der Waals surface area contributed by atoms with Gasteiger partial charge in [-0.05, 0) is 60.2 Å². The molecule has 1 aromatic heterocycles. The Morgan fingerprint density at radius 3 is 2.34 bits per heavy atom. The number of aromatic nitrogens is 2. The number of nitrogens with zero attached hydrogens (tertiary/aromatic N) is 4. The van der Waals surface area contributed by atoms with Gasteiger partial charge in [-0.1, -0.05) is 50.7 Å². The van der Waals surface area contributed by atoms with Gasteiger partial charge in [-0.15, -0.1) is 10.2 Å². The maximum Gasteiger partial charge on any atom is 0.277 e. The van der Waals surface area contributed by atoms with Crippen LogP contribution in [0.5, 0.6) is 0 Å². The molecule has 0 aliphatic carbocycles. The predicted octanol–water partition coefficient (Wildman–Crippen LogP) is 5.69. The SMILES string of the molecule is Cc1cc(C)cc(N(CCC#N)C(=O)CSc2nnc(-c3ccc(C(C)(C)C)cc3)o2)c1. The Labute approximate surface area is 193 Å². The zero-order valence-electron chi connectivity index (χ0n) is 19.2. The smallest absolute Gasteiger partial charge is 0.277 e. The van der Waals surface area contributed by atoms with Crippen molar-refractivity contribution in [3.05, 3.63) is 59.2 Å². The van der Waals surface area contributed by atoms with Crippen molar-refractivity contribution >= 4 is 23.4 Å². The van der Waals surface area contributed by atoms with E-state index in [1.807, 2.05) is 38.1 Å². The number of anilines is 1. The summed E-state index contributed by atoms with van der Waals surface area (Å²) in [6, 6.07) is 16.2. The van der Waals surface area contributed by atoms with E-state index in [1.54, 1.807) is 4.90 Å². The summed E-state index contributed by atoms with van der Waals surface area (Å²) in [6.07, 6.45) is 0.263. The van der Waals surface area contributed by atoms with E-state index in [4.69, 9.17) is 9.68 Å². The number of benzene rings is 2. The molecule has 1 amide bonds. The molecule has 0 aliphatic heterocycles. The summed E-state index contributed by atoms with van der Waals surface area (Å²) >= 11 is 1.20. The minimum absolute atomic E-state index is 0.0714. The fraction of sp³-hybridized carbons (Fsp3) is 0.360. The van der Waals surface area contributed by atoms with E-state index in [0.717, 1.165) is 22.4 Å². The number of hydrogen-bond acceptors (Lipinski definition) is 6. The van der Waals surface area contributed by atoms with Crippen LogP contribution in [0.25, 0.3) is 11.5 Å². The highest BCUT2D eigenvalue weighted by Crippen LogP contribution is 2.28. The van der Waals surface area contributed by atoms with E-state index in [2.05, 4.69) is 55.2 Å². The van der Waals surface area contributed by atoms with E-state index >= 15 is 0 Å². The molecule has 0 saturated carbocycles. The Morgan fingerprint density at radius 2 is 1.75 bits per heavy atom. The number of hydrogen-bond donors (Lipinski definition) is 0. The molecule has 0 atom stereocenters. The Kier molecular flexibility index (Phi) is 7.37. The third kappa shape index (κ3) is 5.98. The normalized spacial score (nSPS) is 11.2. The summed E-state index contributed by atoms with van der Waals surface area (Å²) in [5, 5.41) is 17.6. The van der Waals surface area contributed by atoms with Crippen LogP contribution in [-0.4, -0.2) is 28.4 Å². The van der Waals surface area contributed by atoms with Crippen molar-refractivity contribution in [3.63, 3.8) is 0 Å². The number of rotatable bonds is 7. The van der Waals surface area contributed by atoms with Crippen molar-refractivity contribution in [2.24, 2.45) is 0 Å². The quantitative estimate of drug-likeness (QED) is 0.432. The van der Waals surface area contributed by atoms with Gasteiger partial charge in [0, 0.05) is 17.8 Å². The third-order valence-electron chi connectivity index (χ3n) is 4.99. The zero-order valence-corrected chi connectivity index (χ0v) is 20.0.